The van der Waals surface area contributed by atoms with Crippen molar-refractivity contribution in [2.45, 2.75) is 32.2 Å². The smallest absolute Gasteiger partial charge is 0.321 e. The molecule has 88 valence electrons. The summed E-state index contributed by atoms with van der Waals surface area (Å²) in [4.78, 5) is 10.9. The fraction of sp³-hybridized carbons (Fsp3) is 0.417. The van der Waals surface area contributed by atoms with Crippen molar-refractivity contribution >= 4 is 5.97 Å². The molecular formula is C12H16FNO2. The van der Waals surface area contributed by atoms with E-state index in [1.165, 1.54) is 0 Å². The van der Waals surface area contributed by atoms with Crippen LogP contribution in [-0.4, -0.2) is 17.1 Å². The molecule has 0 aromatic heterocycles. The molecule has 0 amide bonds. The molecule has 3 N–H and O–H groups in total. The summed E-state index contributed by atoms with van der Waals surface area (Å²) >= 11 is 0. The lowest BCUT2D eigenvalue weighted by Crippen LogP contribution is -2.47. The van der Waals surface area contributed by atoms with Gasteiger partial charge in [-0.15, -0.1) is 0 Å². The Morgan fingerprint density at radius 1 is 1.50 bits per heavy atom. The Bertz CT molecular complexity index is 415. The number of carbonyl (C=O) groups is 1. The van der Waals surface area contributed by atoms with E-state index in [0.29, 0.717) is 11.1 Å². The largest absolute Gasteiger partial charge is 0.480 e. The molecule has 1 aromatic rings. The van der Waals surface area contributed by atoms with Crippen LogP contribution >= 0.6 is 0 Å². The van der Waals surface area contributed by atoms with E-state index in [9.17, 15) is 9.18 Å². The molecule has 1 unspecified atom stereocenters. The minimum atomic E-state index is -1.14. The van der Waals surface area contributed by atoms with E-state index in [-0.39, 0.29) is 5.82 Å². The number of aryl methyl sites for hydroxylation is 1. The SMILES string of the molecule is Cc1cccc(C(C)(C)C(N)C(=O)O)c1F. The van der Waals surface area contributed by atoms with E-state index in [4.69, 9.17) is 10.8 Å². The Morgan fingerprint density at radius 2 is 2.06 bits per heavy atom. The summed E-state index contributed by atoms with van der Waals surface area (Å²) in [6, 6.07) is 3.78. The van der Waals surface area contributed by atoms with Gasteiger partial charge in [0.1, 0.15) is 11.9 Å². The van der Waals surface area contributed by atoms with Crippen LogP contribution in [0.1, 0.15) is 25.0 Å². The first kappa shape index (κ1) is 12.6. The van der Waals surface area contributed by atoms with E-state index in [2.05, 4.69) is 0 Å². The van der Waals surface area contributed by atoms with Gasteiger partial charge in [-0.1, -0.05) is 32.0 Å². The van der Waals surface area contributed by atoms with Gasteiger partial charge in [-0.05, 0) is 18.1 Å². The summed E-state index contributed by atoms with van der Waals surface area (Å²) in [5.74, 6) is -1.52. The Morgan fingerprint density at radius 3 is 2.56 bits per heavy atom. The Balaban J connectivity index is 3.26. The van der Waals surface area contributed by atoms with Crippen molar-refractivity contribution in [3.63, 3.8) is 0 Å². The Kier molecular flexibility index (Phi) is 3.33. The first-order chi connectivity index (χ1) is 7.28. The highest BCUT2D eigenvalue weighted by Gasteiger charge is 2.35. The number of aliphatic carboxylic acids is 1. The van der Waals surface area contributed by atoms with Crippen molar-refractivity contribution in [1.82, 2.24) is 0 Å². The van der Waals surface area contributed by atoms with Crippen LogP contribution in [0.2, 0.25) is 0 Å². The molecule has 0 fully saturated rings. The third-order valence-electron chi connectivity index (χ3n) is 2.93. The van der Waals surface area contributed by atoms with Crippen LogP contribution in [0.4, 0.5) is 4.39 Å². The van der Waals surface area contributed by atoms with Gasteiger partial charge in [-0.2, -0.15) is 0 Å². The molecule has 1 aromatic carbocycles. The van der Waals surface area contributed by atoms with Crippen LogP contribution < -0.4 is 5.73 Å². The van der Waals surface area contributed by atoms with Gasteiger partial charge < -0.3 is 10.8 Å². The fourth-order valence-corrected chi connectivity index (χ4v) is 1.62. The average molecular weight is 225 g/mol. The molecule has 0 aliphatic rings. The van der Waals surface area contributed by atoms with Gasteiger partial charge in [-0.3, -0.25) is 4.79 Å². The van der Waals surface area contributed by atoms with Crippen LogP contribution in [0, 0.1) is 12.7 Å². The maximum absolute atomic E-state index is 13.9. The lowest BCUT2D eigenvalue weighted by Gasteiger charge is -2.29. The highest BCUT2D eigenvalue weighted by molar-refractivity contribution is 5.75. The number of halogens is 1. The summed E-state index contributed by atoms with van der Waals surface area (Å²) < 4.78 is 13.9. The number of nitrogens with two attached hydrogens (primary N) is 1. The van der Waals surface area contributed by atoms with Crippen LogP contribution in [0.15, 0.2) is 18.2 Å². The quantitative estimate of drug-likeness (QED) is 0.824. The minimum Gasteiger partial charge on any atom is -0.480 e. The standard InChI is InChI=1S/C12H16FNO2/c1-7-5-4-6-8(9(7)13)12(2,3)10(14)11(15)16/h4-6,10H,14H2,1-3H3,(H,15,16). The summed E-state index contributed by atoms with van der Waals surface area (Å²) in [6.45, 7) is 4.90. The lowest BCUT2D eigenvalue weighted by atomic mass is 9.77. The number of carboxylic acid groups (broad SMARTS) is 1. The Hall–Kier alpha value is -1.42. The van der Waals surface area contributed by atoms with Crippen LogP contribution in [0.25, 0.3) is 0 Å². The van der Waals surface area contributed by atoms with Crippen molar-refractivity contribution < 1.29 is 14.3 Å². The molecule has 0 aliphatic heterocycles. The molecule has 0 saturated heterocycles. The molecule has 3 nitrogen and oxygen atoms in total. The van der Waals surface area contributed by atoms with E-state index >= 15 is 0 Å². The number of hydrogen-bond acceptors (Lipinski definition) is 2. The van der Waals surface area contributed by atoms with Gasteiger partial charge in [0.2, 0.25) is 0 Å². The van der Waals surface area contributed by atoms with Gasteiger partial charge >= 0.3 is 5.97 Å². The van der Waals surface area contributed by atoms with E-state index in [0.717, 1.165) is 0 Å². The predicted octanol–water partition coefficient (Wildman–Crippen LogP) is 1.82. The van der Waals surface area contributed by atoms with Gasteiger partial charge in [0.15, 0.2) is 0 Å². The van der Waals surface area contributed by atoms with Crippen LogP contribution in [0.5, 0.6) is 0 Å². The second kappa shape index (κ2) is 4.22. The highest BCUT2D eigenvalue weighted by atomic mass is 19.1. The number of rotatable bonds is 3. The molecule has 0 aliphatic carbocycles. The van der Waals surface area contributed by atoms with Crippen molar-refractivity contribution in [2.75, 3.05) is 0 Å². The summed E-state index contributed by atoms with van der Waals surface area (Å²) in [5.41, 5.74) is 5.46. The van der Waals surface area contributed by atoms with Crippen molar-refractivity contribution in [3.05, 3.63) is 35.1 Å². The molecule has 1 atom stereocenters. The second-order valence-electron chi connectivity index (χ2n) is 4.47. The van der Waals surface area contributed by atoms with Crippen molar-refractivity contribution in [1.29, 1.82) is 0 Å². The predicted molar refractivity (Wildman–Crippen MR) is 59.8 cm³/mol. The summed E-state index contributed by atoms with van der Waals surface area (Å²) in [5, 5.41) is 8.89. The second-order valence-corrected chi connectivity index (χ2v) is 4.47. The maximum atomic E-state index is 13.9. The lowest BCUT2D eigenvalue weighted by molar-refractivity contribution is -0.140. The number of hydrogen-bond donors (Lipinski definition) is 2. The van der Waals surface area contributed by atoms with Crippen LogP contribution in [-0.2, 0) is 10.2 Å². The Labute approximate surface area is 94.1 Å². The van der Waals surface area contributed by atoms with Crippen molar-refractivity contribution in [2.24, 2.45) is 5.73 Å². The molecule has 0 spiro atoms. The fourth-order valence-electron chi connectivity index (χ4n) is 1.62. The first-order valence-electron chi connectivity index (χ1n) is 5.02. The maximum Gasteiger partial charge on any atom is 0.321 e. The van der Waals surface area contributed by atoms with Crippen molar-refractivity contribution in [3.8, 4) is 0 Å². The molecule has 4 heteroatoms. The van der Waals surface area contributed by atoms with E-state index < -0.39 is 17.4 Å². The summed E-state index contributed by atoms with van der Waals surface area (Å²) in [7, 11) is 0. The van der Waals surface area contributed by atoms with Crippen LogP contribution in [0.3, 0.4) is 0 Å². The molecule has 0 bridgehead atoms. The zero-order valence-corrected chi connectivity index (χ0v) is 9.62. The van der Waals surface area contributed by atoms with Gasteiger partial charge in [0.25, 0.3) is 0 Å². The zero-order valence-electron chi connectivity index (χ0n) is 9.62. The number of carboxylic acids is 1. The van der Waals surface area contributed by atoms with E-state index in [1.807, 2.05) is 0 Å². The first-order valence-corrected chi connectivity index (χ1v) is 5.02. The normalized spacial score (nSPS) is 13.6. The molecular weight excluding hydrogens is 209 g/mol. The molecule has 0 radical (unpaired) electrons. The van der Waals surface area contributed by atoms with Gasteiger partial charge in [0.05, 0.1) is 0 Å². The minimum absolute atomic E-state index is 0.336. The monoisotopic (exact) mass is 225 g/mol. The summed E-state index contributed by atoms with van der Waals surface area (Å²) in [6.07, 6.45) is 0. The highest BCUT2D eigenvalue weighted by Crippen LogP contribution is 2.29. The van der Waals surface area contributed by atoms with Gasteiger partial charge in [0, 0.05) is 5.41 Å². The average Bonchev–Trinajstić information content (AvgIpc) is 2.20. The molecule has 0 heterocycles. The van der Waals surface area contributed by atoms with E-state index in [1.54, 1.807) is 39.0 Å². The molecule has 0 saturated carbocycles. The van der Waals surface area contributed by atoms with Gasteiger partial charge in [-0.25, -0.2) is 4.39 Å². The molecule has 1 rings (SSSR count). The third kappa shape index (κ3) is 2.07. The third-order valence-corrected chi connectivity index (χ3v) is 2.93. The molecule has 16 heavy (non-hydrogen) atoms. The number of benzene rings is 1. The zero-order chi connectivity index (χ0) is 12.5. The topological polar surface area (TPSA) is 63.3 Å².